The van der Waals surface area contributed by atoms with Crippen LogP contribution in [0.4, 0.5) is 5.82 Å². The second kappa shape index (κ2) is 8.66. The average Bonchev–Trinajstić information content (AvgIpc) is 2.66. The first-order valence-electron chi connectivity index (χ1n) is 7.90. The predicted molar refractivity (Wildman–Crippen MR) is 106 cm³/mol. The number of H-pyrrole nitrogens is 1. The molecular formula is C18H15Cl2N5O2. The number of anilines is 1. The molecule has 0 aliphatic rings. The van der Waals surface area contributed by atoms with Crippen LogP contribution in [0.2, 0.25) is 10.0 Å². The first-order valence-corrected chi connectivity index (χ1v) is 8.66. The van der Waals surface area contributed by atoms with Crippen LogP contribution >= 0.6 is 23.2 Å². The summed E-state index contributed by atoms with van der Waals surface area (Å²) in [5.41, 5.74) is 4.41. The standard InChI is InChI=1S/C18H15Cl2N5O2/c1-11-17(22-18(26)25-23-11)24-21-9-12-3-2-4-14(7-12)27-10-13-5-6-15(19)16(20)8-13/h2-9H,10H2,1H3,(H2,22,24,25,26)/b21-9+. The number of aromatic amines is 1. The molecule has 2 N–H and O–H groups in total. The maximum Gasteiger partial charge on any atom is 0.363 e. The monoisotopic (exact) mass is 403 g/mol. The summed E-state index contributed by atoms with van der Waals surface area (Å²) in [5.74, 6) is 0.971. The highest BCUT2D eigenvalue weighted by Crippen LogP contribution is 2.23. The fraction of sp³-hybridized carbons (Fsp3) is 0.111. The lowest BCUT2D eigenvalue weighted by Crippen LogP contribution is -2.15. The molecule has 0 aliphatic carbocycles. The minimum absolute atomic E-state index is 0.294. The van der Waals surface area contributed by atoms with Crippen LogP contribution in [0.25, 0.3) is 0 Å². The Morgan fingerprint density at radius 3 is 2.89 bits per heavy atom. The maximum absolute atomic E-state index is 11.2. The summed E-state index contributed by atoms with van der Waals surface area (Å²) in [6, 6.07) is 12.8. The van der Waals surface area contributed by atoms with E-state index in [1.54, 1.807) is 25.3 Å². The second-order valence-corrected chi connectivity index (χ2v) is 6.37. The van der Waals surface area contributed by atoms with Gasteiger partial charge in [-0.25, -0.2) is 9.89 Å². The molecule has 0 spiro atoms. The van der Waals surface area contributed by atoms with Crippen molar-refractivity contribution in [2.45, 2.75) is 13.5 Å². The van der Waals surface area contributed by atoms with Gasteiger partial charge < -0.3 is 4.74 Å². The van der Waals surface area contributed by atoms with Crippen LogP contribution in [0.5, 0.6) is 5.75 Å². The van der Waals surface area contributed by atoms with Crippen molar-refractivity contribution in [2.24, 2.45) is 5.10 Å². The van der Waals surface area contributed by atoms with Gasteiger partial charge in [-0.1, -0.05) is 41.4 Å². The van der Waals surface area contributed by atoms with E-state index in [4.69, 9.17) is 27.9 Å². The summed E-state index contributed by atoms with van der Waals surface area (Å²) in [6.07, 6.45) is 1.59. The highest BCUT2D eigenvalue weighted by atomic mass is 35.5. The molecule has 0 bridgehead atoms. The van der Waals surface area contributed by atoms with E-state index in [0.717, 1.165) is 11.1 Å². The van der Waals surface area contributed by atoms with Crippen LogP contribution in [0.1, 0.15) is 16.8 Å². The fourth-order valence-electron chi connectivity index (χ4n) is 2.15. The van der Waals surface area contributed by atoms with E-state index >= 15 is 0 Å². The van der Waals surface area contributed by atoms with Gasteiger partial charge in [0.2, 0.25) is 0 Å². The van der Waals surface area contributed by atoms with E-state index < -0.39 is 5.69 Å². The Kier molecular flexibility index (Phi) is 6.05. The number of aromatic nitrogens is 3. The van der Waals surface area contributed by atoms with E-state index in [2.05, 4.69) is 25.7 Å². The first kappa shape index (κ1) is 18.9. The summed E-state index contributed by atoms with van der Waals surface area (Å²) in [6.45, 7) is 2.07. The lowest BCUT2D eigenvalue weighted by Gasteiger charge is -2.08. The van der Waals surface area contributed by atoms with Crippen molar-refractivity contribution in [1.29, 1.82) is 0 Å². The molecule has 0 amide bonds. The number of aryl methyl sites for hydroxylation is 1. The third-order valence-corrected chi connectivity index (χ3v) is 4.25. The van der Waals surface area contributed by atoms with Crippen LogP contribution in [-0.2, 0) is 6.61 Å². The molecule has 2 aromatic carbocycles. The van der Waals surface area contributed by atoms with Crippen LogP contribution < -0.4 is 15.9 Å². The van der Waals surface area contributed by atoms with Gasteiger partial charge in [0.25, 0.3) is 0 Å². The van der Waals surface area contributed by atoms with Crippen molar-refractivity contribution in [3.8, 4) is 5.75 Å². The van der Waals surface area contributed by atoms with Gasteiger partial charge >= 0.3 is 5.69 Å². The van der Waals surface area contributed by atoms with Gasteiger partial charge in [-0.05, 0) is 42.3 Å². The normalized spacial score (nSPS) is 10.9. The van der Waals surface area contributed by atoms with Gasteiger partial charge in [0.05, 0.1) is 16.3 Å². The zero-order chi connectivity index (χ0) is 19.2. The van der Waals surface area contributed by atoms with Crippen molar-refractivity contribution in [3.05, 3.63) is 79.8 Å². The topological polar surface area (TPSA) is 92.3 Å². The van der Waals surface area contributed by atoms with Gasteiger partial charge in [0.15, 0.2) is 5.82 Å². The molecule has 138 valence electrons. The Labute approximate surface area is 165 Å². The smallest absolute Gasteiger partial charge is 0.363 e. The molecule has 0 atom stereocenters. The van der Waals surface area contributed by atoms with Crippen molar-refractivity contribution < 1.29 is 4.74 Å². The van der Waals surface area contributed by atoms with Crippen LogP contribution in [-0.4, -0.2) is 21.4 Å². The van der Waals surface area contributed by atoms with Crippen molar-refractivity contribution >= 4 is 35.2 Å². The van der Waals surface area contributed by atoms with Gasteiger partial charge in [0, 0.05) is 0 Å². The number of benzene rings is 2. The Hall–Kier alpha value is -2.90. The number of hydrazone groups is 1. The molecule has 0 saturated carbocycles. The molecule has 0 unspecified atom stereocenters. The van der Waals surface area contributed by atoms with E-state index in [1.165, 1.54) is 0 Å². The summed E-state index contributed by atoms with van der Waals surface area (Å²) in [5, 5.41) is 11.1. The molecule has 9 heteroatoms. The van der Waals surface area contributed by atoms with Crippen LogP contribution in [0, 0.1) is 6.92 Å². The molecular weight excluding hydrogens is 389 g/mol. The number of ether oxygens (including phenoxy) is 1. The van der Waals surface area contributed by atoms with Gasteiger partial charge in [-0.15, -0.1) is 0 Å². The van der Waals surface area contributed by atoms with E-state index in [-0.39, 0.29) is 0 Å². The molecule has 27 heavy (non-hydrogen) atoms. The lowest BCUT2D eigenvalue weighted by atomic mass is 10.2. The van der Waals surface area contributed by atoms with Gasteiger partial charge in [0.1, 0.15) is 18.1 Å². The number of rotatable bonds is 6. The molecule has 1 aromatic heterocycles. The summed E-state index contributed by atoms with van der Waals surface area (Å²) in [7, 11) is 0. The number of hydrogen-bond acceptors (Lipinski definition) is 6. The zero-order valence-corrected chi connectivity index (χ0v) is 15.8. The summed E-state index contributed by atoms with van der Waals surface area (Å²) >= 11 is 11.9. The molecule has 7 nitrogen and oxygen atoms in total. The molecule has 3 rings (SSSR count). The number of hydrogen-bond donors (Lipinski definition) is 2. The number of nitrogens with one attached hydrogen (secondary N) is 2. The predicted octanol–water partition coefficient (Wildman–Crippen LogP) is 3.81. The Morgan fingerprint density at radius 2 is 2.07 bits per heavy atom. The minimum atomic E-state index is -0.545. The largest absolute Gasteiger partial charge is 0.489 e. The van der Waals surface area contributed by atoms with Crippen LogP contribution in [0.15, 0.2) is 52.4 Å². The molecule has 0 radical (unpaired) electrons. The lowest BCUT2D eigenvalue weighted by molar-refractivity contribution is 0.306. The van der Waals surface area contributed by atoms with Gasteiger partial charge in [-0.3, -0.25) is 5.43 Å². The van der Waals surface area contributed by atoms with E-state index in [1.807, 2.05) is 30.3 Å². The molecule has 0 aliphatic heterocycles. The molecule has 3 aromatic rings. The van der Waals surface area contributed by atoms with E-state index in [9.17, 15) is 4.79 Å². The Morgan fingerprint density at radius 1 is 1.22 bits per heavy atom. The highest BCUT2D eigenvalue weighted by molar-refractivity contribution is 6.42. The zero-order valence-electron chi connectivity index (χ0n) is 14.2. The van der Waals surface area contributed by atoms with Crippen LogP contribution in [0.3, 0.4) is 0 Å². The molecule has 1 heterocycles. The Balaban J connectivity index is 1.63. The summed E-state index contributed by atoms with van der Waals surface area (Å²) < 4.78 is 5.78. The molecule has 0 saturated heterocycles. The highest BCUT2D eigenvalue weighted by Gasteiger charge is 2.02. The van der Waals surface area contributed by atoms with Gasteiger partial charge in [-0.2, -0.15) is 15.2 Å². The first-order chi connectivity index (χ1) is 13.0. The second-order valence-electron chi connectivity index (χ2n) is 5.55. The van der Waals surface area contributed by atoms with Crippen molar-refractivity contribution in [2.75, 3.05) is 5.43 Å². The van der Waals surface area contributed by atoms with E-state index in [0.29, 0.717) is 33.9 Å². The quantitative estimate of drug-likeness (QED) is 0.482. The fourth-order valence-corrected chi connectivity index (χ4v) is 2.47. The average molecular weight is 404 g/mol. The SMILES string of the molecule is Cc1n[nH]c(=O)nc1N/N=C/c1cccc(OCc2ccc(Cl)c(Cl)c2)c1. The third-order valence-electron chi connectivity index (χ3n) is 3.51. The van der Waals surface area contributed by atoms with Crippen molar-refractivity contribution in [3.63, 3.8) is 0 Å². The number of nitrogens with zero attached hydrogens (tertiary/aromatic N) is 3. The third kappa shape index (κ3) is 5.29. The summed E-state index contributed by atoms with van der Waals surface area (Å²) in [4.78, 5) is 15.0. The molecule has 0 fully saturated rings. The Bertz CT molecular complexity index is 1040. The van der Waals surface area contributed by atoms with Crippen molar-refractivity contribution in [1.82, 2.24) is 15.2 Å². The maximum atomic E-state index is 11.2. The minimum Gasteiger partial charge on any atom is -0.489 e. The number of halogens is 2.